The first-order chi connectivity index (χ1) is 14.3. The molecule has 0 spiro atoms. The molecular weight excluding hydrogens is 423 g/mol. The molecule has 0 fully saturated rings. The highest BCUT2D eigenvalue weighted by Gasteiger charge is 2.15. The van der Waals surface area contributed by atoms with Crippen LogP contribution in [-0.2, 0) is 13.7 Å². The zero-order valence-corrected chi connectivity index (χ0v) is 18.7. The number of hydrogen-bond acceptors (Lipinski definition) is 4. The molecule has 0 aliphatic rings. The van der Waals surface area contributed by atoms with Crippen LogP contribution >= 0.6 is 23.2 Å². The molecule has 0 atom stereocenters. The third-order valence-corrected chi connectivity index (χ3v) is 5.37. The number of methoxy groups -OCH3 is 1. The first-order valence-corrected chi connectivity index (χ1v) is 10.0. The lowest BCUT2D eigenvalue weighted by Crippen LogP contribution is -2.01. The summed E-state index contributed by atoms with van der Waals surface area (Å²) < 4.78 is 13.0. The zero-order valence-electron chi connectivity index (χ0n) is 17.2. The predicted octanol–water partition coefficient (Wildman–Crippen LogP) is 5.83. The van der Waals surface area contributed by atoms with Crippen LogP contribution in [-0.4, -0.2) is 22.7 Å². The Morgan fingerprint density at radius 2 is 1.87 bits per heavy atom. The molecule has 0 aliphatic heterocycles. The van der Waals surface area contributed by atoms with E-state index in [0.29, 0.717) is 32.8 Å². The maximum Gasteiger partial charge on any atom is 0.189 e. The minimum atomic E-state index is -0.0884. The lowest BCUT2D eigenvalue weighted by atomic mass is 10.1. The number of para-hydroxylation sites is 1. The summed E-state index contributed by atoms with van der Waals surface area (Å²) in [5.74, 6) is 0.997. The van der Waals surface area contributed by atoms with Gasteiger partial charge in [-0.3, -0.25) is 9.48 Å². The maximum absolute atomic E-state index is 12.6. The van der Waals surface area contributed by atoms with E-state index in [4.69, 9.17) is 32.7 Å². The van der Waals surface area contributed by atoms with Crippen molar-refractivity contribution in [2.75, 3.05) is 7.11 Å². The van der Waals surface area contributed by atoms with Crippen LogP contribution in [0, 0.1) is 13.8 Å². The van der Waals surface area contributed by atoms with Crippen LogP contribution in [0.2, 0.25) is 10.0 Å². The summed E-state index contributed by atoms with van der Waals surface area (Å²) in [5, 5.41) is 5.17. The molecule has 0 aliphatic carbocycles. The Labute approximate surface area is 185 Å². The van der Waals surface area contributed by atoms with Crippen molar-refractivity contribution >= 4 is 35.1 Å². The van der Waals surface area contributed by atoms with Crippen LogP contribution in [0.3, 0.4) is 0 Å². The number of allylic oxidation sites excluding steroid dienone is 1. The Morgan fingerprint density at radius 1 is 1.17 bits per heavy atom. The number of hydrogen-bond donors (Lipinski definition) is 0. The van der Waals surface area contributed by atoms with Gasteiger partial charge >= 0.3 is 0 Å². The quantitative estimate of drug-likeness (QED) is 0.339. The van der Waals surface area contributed by atoms with E-state index in [2.05, 4.69) is 5.10 Å². The van der Waals surface area contributed by atoms with Crippen LogP contribution < -0.4 is 9.47 Å². The van der Waals surface area contributed by atoms with E-state index in [9.17, 15) is 4.79 Å². The van der Waals surface area contributed by atoms with Crippen LogP contribution in [0.1, 0.15) is 32.9 Å². The van der Waals surface area contributed by atoms with Gasteiger partial charge in [-0.2, -0.15) is 5.10 Å². The van der Waals surface area contributed by atoms with E-state index in [1.54, 1.807) is 42.1 Å². The fraction of sp³-hybridized carbons (Fsp3) is 0.217. The third kappa shape index (κ3) is 4.69. The predicted molar refractivity (Wildman–Crippen MR) is 120 cm³/mol. The van der Waals surface area contributed by atoms with Crippen molar-refractivity contribution in [1.29, 1.82) is 0 Å². The molecule has 0 saturated carbocycles. The summed E-state index contributed by atoms with van der Waals surface area (Å²) in [6.07, 6.45) is 3.31. The Hall–Kier alpha value is -2.76. The number of halogens is 2. The lowest BCUT2D eigenvalue weighted by molar-refractivity contribution is 0.104. The van der Waals surface area contributed by atoms with Crippen molar-refractivity contribution in [1.82, 2.24) is 9.78 Å². The normalized spacial score (nSPS) is 11.1. The lowest BCUT2D eigenvalue weighted by Gasteiger charge is -2.13. The van der Waals surface area contributed by atoms with Gasteiger partial charge in [-0.1, -0.05) is 41.4 Å². The second-order valence-electron chi connectivity index (χ2n) is 6.78. The highest BCUT2D eigenvalue weighted by molar-refractivity contribution is 6.37. The molecular formula is C23H22Cl2N2O3. The molecule has 3 aromatic rings. The monoisotopic (exact) mass is 444 g/mol. The second kappa shape index (κ2) is 9.37. The van der Waals surface area contributed by atoms with E-state index in [1.807, 2.05) is 39.1 Å². The molecule has 1 heterocycles. The summed E-state index contributed by atoms with van der Waals surface area (Å²) in [7, 11) is 3.41. The number of rotatable bonds is 7. The van der Waals surface area contributed by atoms with Crippen molar-refractivity contribution in [2.24, 2.45) is 7.05 Å². The highest BCUT2D eigenvalue weighted by atomic mass is 35.5. The Kier molecular flexibility index (Phi) is 6.85. The van der Waals surface area contributed by atoms with E-state index in [0.717, 1.165) is 16.8 Å². The van der Waals surface area contributed by atoms with E-state index < -0.39 is 0 Å². The van der Waals surface area contributed by atoms with Crippen LogP contribution in [0.4, 0.5) is 0 Å². The van der Waals surface area contributed by atoms with Crippen LogP contribution in [0.5, 0.6) is 11.5 Å². The van der Waals surface area contributed by atoms with E-state index >= 15 is 0 Å². The fourth-order valence-corrected chi connectivity index (χ4v) is 3.68. The van der Waals surface area contributed by atoms with Crippen molar-refractivity contribution in [3.05, 3.63) is 80.6 Å². The number of carbonyl (C=O) groups excluding carboxylic acids is 1. The molecule has 0 N–H and O–H groups in total. The molecule has 7 heteroatoms. The Bertz CT molecular complexity index is 1100. The summed E-state index contributed by atoms with van der Waals surface area (Å²) in [6.45, 7) is 3.92. The van der Waals surface area contributed by atoms with Crippen molar-refractivity contribution < 1.29 is 14.3 Å². The number of ketones is 1. The standard InChI is InChI=1S/C23H22Cl2N2O3/c1-14-22(15(2)27(3)26-14)20(28)10-8-16-9-11-21(29-4)17(12-16)13-30-23-18(24)6-5-7-19(23)25/h5-12H,13H2,1-4H3/b10-8+. The molecule has 0 saturated heterocycles. The molecule has 5 nitrogen and oxygen atoms in total. The number of nitrogens with zero attached hydrogens (tertiary/aromatic N) is 2. The smallest absolute Gasteiger partial charge is 0.189 e. The number of carbonyl (C=O) groups is 1. The minimum Gasteiger partial charge on any atom is -0.496 e. The van der Waals surface area contributed by atoms with Crippen molar-refractivity contribution in [3.8, 4) is 11.5 Å². The van der Waals surface area contributed by atoms with Gasteiger partial charge in [0.25, 0.3) is 0 Å². The zero-order chi connectivity index (χ0) is 21.8. The van der Waals surface area contributed by atoms with E-state index in [-0.39, 0.29) is 12.4 Å². The van der Waals surface area contributed by atoms with Crippen molar-refractivity contribution in [2.45, 2.75) is 20.5 Å². The van der Waals surface area contributed by atoms with Gasteiger partial charge in [0.2, 0.25) is 0 Å². The van der Waals surface area contributed by atoms with Gasteiger partial charge in [0.15, 0.2) is 11.5 Å². The first kappa shape index (κ1) is 21.9. The molecule has 2 aromatic carbocycles. The topological polar surface area (TPSA) is 53.3 Å². The molecule has 3 rings (SSSR count). The Morgan fingerprint density at radius 3 is 2.47 bits per heavy atom. The number of aryl methyl sites for hydroxylation is 2. The molecule has 30 heavy (non-hydrogen) atoms. The minimum absolute atomic E-state index is 0.0884. The van der Waals surface area contributed by atoms with Gasteiger partial charge in [-0.15, -0.1) is 0 Å². The van der Waals surface area contributed by atoms with Crippen LogP contribution in [0.15, 0.2) is 42.5 Å². The summed E-state index contributed by atoms with van der Waals surface area (Å²) in [6, 6.07) is 10.8. The van der Waals surface area contributed by atoms with Gasteiger partial charge in [-0.05, 0) is 49.8 Å². The van der Waals surface area contributed by atoms with E-state index in [1.165, 1.54) is 0 Å². The Balaban J connectivity index is 1.82. The third-order valence-electron chi connectivity index (χ3n) is 4.78. The average Bonchev–Trinajstić information content (AvgIpc) is 2.97. The summed E-state index contributed by atoms with van der Waals surface area (Å²) in [5.41, 5.74) is 3.82. The van der Waals surface area contributed by atoms with Gasteiger partial charge in [-0.25, -0.2) is 0 Å². The van der Waals surface area contributed by atoms with Gasteiger partial charge in [0, 0.05) is 18.3 Å². The number of benzene rings is 2. The van der Waals surface area contributed by atoms with Gasteiger partial charge in [0.1, 0.15) is 12.4 Å². The number of ether oxygens (including phenoxy) is 2. The van der Waals surface area contributed by atoms with Crippen molar-refractivity contribution in [3.63, 3.8) is 0 Å². The SMILES string of the molecule is COc1ccc(/C=C/C(=O)c2c(C)nn(C)c2C)cc1COc1c(Cl)cccc1Cl. The average molecular weight is 445 g/mol. The van der Waals surface area contributed by atoms with Crippen LogP contribution in [0.25, 0.3) is 6.08 Å². The molecule has 0 unspecified atom stereocenters. The number of aromatic nitrogens is 2. The first-order valence-electron chi connectivity index (χ1n) is 9.28. The summed E-state index contributed by atoms with van der Waals surface area (Å²) in [4.78, 5) is 12.6. The van der Waals surface area contributed by atoms with Gasteiger partial charge in [0.05, 0.1) is 28.4 Å². The van der Waals surface area contributed by atoms with Gasteiger partial charge < -0.3 is 9.47 Å². The molecule has 0 amide bonds. The second-order valence-corrected chi connectivity index (χ2v) is 7.59. The highest BCUT2D eigenvalue weighted by Crippen LogP contribution is 2.33. The largest absolute Gasteiger partial charge is 0.496 e. The molecule has 0 radical (unpaired) electrons. The fourth-order valence-electron chi connectivity index (χ4n) is 3.17. The molecule has 0 bridgehead atoms. The molecule has 156 valence electrons. The maximum atomic E-state index is 12.6. The summed E-state index contributed by atoms with van der Waals surface area (Å²) >= 11 is 12.3. The molecule has 1 aromatic heterocycles.